The Morgan fingerprint density at radius 2 is 1.39 bits per heavy atom. The minimum Gasteiger partial charge on any atom is -0.508 e. The summed E-state index contributed by atoms with van der Waals surface area (Å²) in [5.74, 6) is 0.0600. The summed E-state index contributed by atoms with van der Waals surface area (Å²) >= 11 is 0. The summed E-state index contributed by atoms with van der Waals surface area (Å²) in [5, 5.41) is 18.0. The summed E-state index contributed by atoms with van der Waals surface area (Å²) in [6.45, 7) is 0.394. The average molecular weight is 533 g/mol. The van der Waals surface area contributed by atoms with Crippen LogP contribution in [0.4, 0.5) is 0 Å². The van der Waals surface area contributed by atoms with Gasteiger partial charge in [0.2, 0.25) is 0 Å². The highest BCUT2D eigenvalue weighted by Gasteiger charge is 2.25. The fourth-order valence-electron chi connectivity index (χ4n) is 3.43. The van der Waals surface area contributed by atoms with Crippen molar-refractivity contribution < 1.29 is 36.6 Å². The topological polar surface area (TPSA) is 127 Å². The van der Waals surface area contributed by atoms with Crippen molar-refractivity contribution in [2.75, 3.05) is 18.6 Å². The molecule has 3 rings (SSSR count). The molecule has 3 aromatic carbocycles. The molecule has 0 bridgehead atoms. The Labute approximate surface area is 213 Å². The van der Waals surface area contributed by atoms with Crippen molar-refractivity contribution in [2.45, 2.75) is 24.5 Å². The molecule has 2 N–H and O–H groups in total. The average Bonchev–Trinajstić information content (AvgIpc) is 2.83. The largest absolute Gasteiger partial charge is 0.508 e. The van der Waals surface area contributed by atoms with E-state index in [0.29, 0.717) is 25.2 Å². The maximum Gasteiger partial charge on any atom is 0.319 e. The van der Waals surface area contributed by atoms with E-state index in [9.17, 15) is 27.6 Å². The molecule has 0 aliphatic carbocycles. The third-order valence-corrected chi connectivity index (χ3v) is 7.40. The van der Waals surface area contributed by atoms with Gasteiger partial charge in [-0.25, -0.2) is 0 Å². The predicted molar refractivity (Wildman–Crippen MR) is 138 cm³/mol. The van der Waals surface area contributed by atoms with Gasteiger partial charge >= 0.3 is 16.1 Å². The van der Waals surface area contributed by atoms with E-state index in [0.717, 1.165) is 22.9 Å². The van der Waals surface area contributed by atoms with Crippen molar-refractivity contribution in [2.24, 2.45) is 0 Å². The number of carbonyl (C=O) groups is 1. The van der Waals surface area contributed by atoms with Gasteiger partial charge in [-0.05, 0) is 65.9 Å². The molecule has 0 aliphatic rings. The van der Waals surface area contributed by atoms with E-state index in [4.69, 9.17) is 8.92 Å². The van der Waals surface area contributed by atoms with Crippen LogP contribution >= 0.6 is 0 Å². The van der Waals surface area contributed by atoms with Crippen LogP contribution in [-0.2, 0) is 45.0 Å². The molecule has 36 heavy (non-hydrogen) atoms. The van der Waals surface area contributed by atoms with Crippen molar-refractivity contribution >= 4 is 26.9 Å². The number of aromatic hydroxyl groups is 1. The summed E-state index contributed by atoms with van der Waals surface area (Å²) in [7, 11) is -5.14. The number of benzene rings is 3. The molecule has 1 unspecified atom stereocenters. The summed E-state index contributed by atoms with van der Waals surface area (Å²) < 4.78 is 45.5. The summed E-state index contributed by atoms with van der Waals surface area (Å²) in [6.07, 6.45) is 2.21. The highest BCUT2D eigenvalue weighted by molar-refractivity contribution is 7.86. The van der Waals surface area contributed by atoms with E-state index in [2.05, 4.69) is 0 Å². The molecule has 0 radical (unpaired) electrons. The van der Waals surface area contributed by atoms with Crippen LogP contribution in [0.2, 0.25) is 0 Å². The molecule has 0 saturated heterocycles. The van der Waals surface area contributed by atoms with Gasteiger partial charge in [-0.15, -0.1) is 0 Å². The van der Waals surface area contributed by atoms with Crippen molar-refractivity contribution in [1.82, 2.24) is 0 Å². The molecular weight excluding hydrogens is 504 g/mol. The van der Waals surface area contributed by atoms with Crippen molar-refractivity contribution in [1.29, 1.82) is 0 Å². The first-order valence-electron chi connectivity index (χ1n) is 11.2. The fraction of sp³-hybridized carbons (Fsp3) is 0.269. The van der Waals surface area contributed by atoms with Gasteiger partial charge in [0.15, 0.2) is 0 Å². The smallest absolute Gasteiger partial charge is 0.319 e. The minimum atomic E-state index is -3.58. The van der Waals surface area contributed by atoms with Crippen LogP contribution in [0.15, 0.2) is 72.8 Å². The first kappa shape index (κ1) is 27.2. The normalized spacial score (nSPS) is 13.0. The molecule has 0 heterocycles. The van der Waals surface area contributed by atoms with Crippen molar-refractivity contribution in [3.8, 4) is 17.2 Å². The third kappa shape index (κ3) is 9.01. The van der Waals surface area contributed by atoms with Crippen LogP contribution in [0, 0.1) is 0 Å². The second-order valence-corrected chi connectivity index (χ2v) is 11.5. The quantitative estimate of drug-likeness (QED) is 0.321. The molecule has 0 amide bonds. The monoisotopic (exact) mass is 532 g/mol. The Morgan fingerprint density at radius 3 is 1.97 bits per heavy atom. The number of rotatable bonds is 13. The van der Waals surface area contributed by atoms with E-state index in [-0.39, 0.29) is 23.7 Å². The number of aryl methyl sites for hydroxylation is 1. The zero-order valence-electron chi connectivity index (χ0n) is 19.7. The third-order valence-electron chi connectivity index (χ3n) is 5.30. The lowest BCUT2D eigenvalue weighted by molar-refractivity contribution is -0.136. The molecule has 0 fully saturated rings. The SMILES string of the molecule is CS(=O)(=O)Oc1ccc(OCCc2ccc(C[C@@H](C(=O)O)S(=O)CCc3ccc(O)cc3)cc2)cc1. The fourth-order valence-corrected chi connectivity index (χ4v) is 5.21. The number of hydrogen-bond acceptors (Lipinski definition) is 7. The summed E-state index contributed by atoms with van der Waals surface area (Å²) in [6, 6.07) is 20.3. The second kappa shape index (κ2) is 12.5. The van der Waals surface area contributed by atoms with Crippen LogP contribution in [0.3, 0.4) is 0 Å². The van der Waals surface area contributed by atoms with E-state index in [1.165, 1.54) is 12.1 Å². The molecule has 10 heteroatoms. The summed E-state index contributed by atoms with van der Waals surface area (Å²) in [5.41, 5.74) is 2.66. The van der Waals surface area contributed by atoms with Crippen LogP contribution in [0.25, 0.3) is 0 Å². The van der Waals surface area contributed by atoms with Crippen molar-refractivity contribution in [3.05, 3.63) is 89.5 Å². The first-order chi connectivity index (χ1) is 17.1. The molecule has 0 spiro atoms. The Hall–Kier alpha value is -3.37. The highest BCUT2D eigenvalue weighted by atomic mass is 32.2. The molecular formula is C26H28O8S2. The van der Waals surface area contributed by atoms with Gasteiger partial charge in [-0.1, -0.05) is 36.4 Å². The molecule has 8 nitrogen and oxygen atoms in total. The van der Waals surface area contributed by atoms with Crippen LogP contribution in [0.1, 0.15) is 16.7 Å². The van der Waals surface area contributed by atoms with Crippen molar-refractivity contribution in [3.63, 3.8) is 0 Å². The molecule has 0 aliphatic heterocycles. The van der Waals surface area contributed by atoms with E-state index in [1.54, 1.807) is 36.4 Å². The van der Waals surface area contributed by atoms with E-state index < -0.39 is 32.1 Å². The van der Waals surface area contributed by atoms with E-state index in [1.807, 2.05) is 24.3 Å². The number of hydrogen-bond donors (Lipinski definition) is 2. The zero-order chi connectivity index (χ0) is 26.1. The first-order valence-corrected chi connectivity index (χ1v) is 14.4. The van der Waals surface area contributed by atoms with Gasteiger partial charge in [0.05, 0.1) is 12.9 Å². The number of carboxylic acids is 1. The number of phenols is 1. The molecule has 2 atom stereocenters. The van der Waals surface area contributed by atoms with Crippen LogP contribution in [0.5, 0.6) is 17.2 Å². The van der Waals surface area contributed by atoms with E-state index >= 15 is 0 Å². The Bertz CT molecular complexity index is 1270. The van der Waals surface area contributed by atoms with Gasteiger partial charge in [0.25, 0.3) is 0 Å². The number of ether oxygens (including phenoxy) is 1. The van der Waals surface area contributed by atoms with Gasteiger partial charge < -0.3 is 19.1 Å². The zero-order valence-corrected chi connectivity index (χ0v) is 21.3. The molecule has 192 valence electrons. The molecule has 0 saturated carbocycles. The van der Waals surface area contributed by atoms with Gasteiger partial charge in [0, 0.05) is 23.0 Å². The standard InChI is InChI=1S/C26H28O8S2/c1-36(31,32)34-24-12-10-23(11-13-24)33-16-14-19-2-4-21(5-3-19)18-25(26(28)29)35(30)17-15-20-6-8-22(27)9-7-20/h2-13,25,27H,14-18H2,1H3,(H,28,29)/t25-,35?/m0/s1. The maximum atomic E-state index is 12.7. The summed E-state index contributed by atoms with van der Waals surface area (Å²) in [4.78, 5) is 11.8. The van der Waals surface area contributed by atoms with Gasteiger partial charge in [0.1, 0.15) is 22.5 Å². The minimum absolute atomic E-state index is 0.147. The lowest BCUT2D eigenvalue weighted by Gasteiger charge is -2.13. The lowest BCUT2D eigenvalue weighted by atomic mass is 10.1. The number of phenolic OH excluding ortho intramolecular Hbond substituents is 1. The Morgan fingerprint density at radius 1 is 0.861 bits per heavy atom. The Balaban J connectivity index is 1.48. The maximum absolute atomic E-state index is 12.7. The molecule has 3 aromatic rings. The predicted octanol–water partition coefficient (Wildman–Crippen LogP) is 3.34. The number of aliphatic carboxylic acids is 1. The highest BCUT2D eigenvalue weighted by Crippen LogP contribution is 2.19. The number of carboxylic acid groups (broad SMARTS) is 1. The Kier molecular flexibility index (Phi) is 9.49. The van der Waals surface area contributed by atoms with Crippen LogP contribution < -0.4 is 8.92 Å². The van der Waals surface area contributed by atoms with Crippen LogP contribution in [-0.4, -0.2) is 52.7 Å². The second-order valence-electron chi connectivity index (χ2n) is 8.21. The lowest BCUT2D eigenvalue weighted by Crippen LogP contribution is -2.30. The molecule has 0 aromatic heterocycles. The van der Waals surface area contributed by atoms with Gasteiger partial charge in [-0.3, -0.25) is 9.00 Å². The van der Waals surface area contributed by atoms with Gasteiger partial charge in [-0.2, -0.15) is 8.42 Å².